The Labute approximate surface area is 102 Å². The van der Waals surface area contributed by atoms with Gasteiger partial charge in [0, 0.05) is 19.6 Å². The lowest BCUT2D eigenvalue weighted by molar-refractivity contribution is -0.122. The van der Waals surface area contributed by atoms with Gasteiger partial charge >= 0.3 is 0 Å². The van der Waals surface area contributed by atoms with E-state index < -0.39 is 0 Å². The van der Waals surface area contributed by atoms with Crippen molar-refractivity contribution in [3.05, 3.63) is 48.0 Å². The van der Waals surface area contributed by atoms with Gasteiger partial charge in [0.2, 0.25) is 5.91 Å². The van der Waals surface area contributed by atoms with E-state index in [1.165, 1.54) is 11.1 Å². The highest BCUT2D eigenvalue weighted by Gasteiger charge is 2.17. The topological polar surface area (TPSA) is 32.3 Å². The number of benzene rings is 1. The highest BCUT2D eigenvalue weighted by atomic mass is 16.2. The van der Waals surface area contributed by atoms with Crippen molar-refractivity contribution >= 4 is 5.91 Å². The first-order valence-corrected chi connectivity index (χ1v) is 5.96. The third-order valence-electron chi connectivity index (χ3n) is 3.02. The van der Waals surface area contributed by atoms with Crippen LogP contribution in [-0.2, 0) is 17.8 Å². The first-order chi connectivity index (χ1) is 8.29. The Bertz CT molecular complexity index is 414. The molecule has 0 radical (unpaired) electrons. The van der Waals surface area contributed by atoms with Gasteiger partial charge in [-0.15, -0.1) is 6.58 Å². The van der Waals surface area contributed by atoms with Crippen molar-refractivity contribution in [2.75, 3.05) is 19.6 Å². The molecule has 0 spiro atoms. The fourth-order valence-electron chi connectivity index (χ4n) is 2.13. The molecule has 3 nitrogen and oxygen atoms in total. The summed E-state index contributed by atoms with van der Waals surface area (Å²) < 4.78 is 0. The predicted molar refractivity (Wildman–Crippen MR) is 68.6 cm³/mol. The number of carbonyl (C=O) groups is 1. The summed E-state index contributed by atoms with van der Waals surface area (Å²) in [7, 11) is 0. The highest BCUT2D eigenvalue weighted by Crippen LogP contribution is 2.17. The summed E-state index contributed by atoms with van der Waals surface area (Å²) in [6, 6.07) is 8.44. The van der Waals surface area contributed by atoms with Crippen LogP contribution in [0.4, 0.5) is 0 Å². The molecule has 1 aromatic rings. The number of carbonyl (C=O) groups excluding carboxylic acids is 1. The minimum atomic E-state index is 0.0734. The SMILES string of the molecule is C=CCNC(=O)CN1CCc2ccccc2C1. The van der Waals surface area contributed by atoms with E-state index in [0.717, 1.165) is 19.5 Å². The predicted octanol–water partition coefficient (Wildman–Crippen LogP) is 1.35. The van der Waals surface area contributed by atoms with E-state index in [9.17, 15) is 4.79 Å². The summed E-state index contributed by atoms with van der Waals surface area (Å²) in [4.78, 5) is 13.8. The molecule has 1 aliphatic heterocycles. The van der Waals surface area contributed by atoms with Crippen molar-refractivity contribution in [1.82, 2.24) is 10.2 Å². The van der Waals surface area contributed by atoms with Crippen molar-refractivity contribution in [3.63, 3.8) is 0 Å². The van der Waals surface area contributed by atoms with Crippen LogP contribution >= 0.6 is 0 Å². The van der Waals surface area contributed by atoms with Crippen LogP contribution in [0.3, 0.4) is 0 Å². The maximum Gasteiger partial charge on any atom is 0.234 e. The van der Waals surface area contributed by atoms with Crippen LogP contribution in [0.1, 0.15) is 11.1 Å². The number of rotatable bonds is 4. The van der Waals surface area contributed by atoms with Gasteiger partial charge in [-0.3, -0.25) is 9.69 Å². The lowest BCUT2D eigenvalue weighted by atomic mass is 10.00. The summed E-state index contributed by atoms with van der Waals surface area (Å²) in [6.45, 7) is 6.43. The van der Waals surface area contributed by atoms with E-state index >= 15 is 0 Å². The molecule has 90 valence electrons. The van der Waals surface area contributed by atoms with Crippen molar-refractivity contribution in [1.29, 1.82) is 0 Å². The van der Waals surface area contributed by atoms with E-state index in [2.05, 4.69) is 41.1 Å². The van der Waals surface area contributed by atoms with Gasteiger partial charge < -0.3 is 5.32 Å². The largest absolute Gasteiger partial charge is 0.352 e. The molecule has 0 unspecified atom stereocenters. The number of nitrogens with one attached hydrogen (secondary N) is 1. The van der Waals surface area contributed by atoms with Gasteiger partial charge in [0.25, 0.3) is 0 Å². The van der Waals surface area contributed by atoms with Gasteiger partial charge in [-0.25, -0.2) is 0 Å². The molecule has 0 bridgehead atoms. The molecular formula is C14H18N2O. The van der Waals surface area contributed by atoms with E-state index in [4.69, 9.17) is 0 Å². The molecule has 1 heterocycles. The maximum atomic E-state index is 11.6. The zero-order chi connectivity index (χ0) is 12.1. The summed E-state index contributed by atoms with van der Waals surface area (Å²) in [6.07, 6.45) is 2.73. The van der Waals surface area contributed by atoms with Crippen LogP contribution in [0, 0.1) is 0 Å². The smallest absolute Gasteiger partial charge is 0.234 e. The van der Waals surface area contributed by atoms with Gasteiger partial charge in [0.05, 0.1) is 6.54 Å². The Morgan fingerprint density at radius 2 is 2.18 bits per heavy atom. The second kappa shape index (κ2) is 5.64. The molecule has 0 aliphatic carbocycles. The Morgan fingerprint density at radius 3 is 2.94 bits per heavy atom. The molecule has 1 aliphatic rings. The molecule has 0 saturated heterocycles. The summed E-state index contributed by atoms with van der Waals surface area (Å²) in [5.41, 5.74) is 2.76. The molecule has 17 heavy (non-hydrogen) atoms. The summed E-state index contributed by atoms with van der Waals surface area (Å²) in [5.74, 6) is 0.0734. The highest BCUT2D eigenvalue weighted by molar-refractivity contribution is 5.78. The van der Waals surface area contributed by atoms with Gasteiger partial charge in [-0.1, -0.05) is 30.3 Å². The van der Waals surface area contributed by atoms with E-state index in [1.54, 1.807) is 6.08 Å². The van der Waals surface area contributed by atoms with Crippen LogP contribution < -0.4 is 5.32 Å². The normalized spacial score (nSPS) is 15.1. The monoisotopic (exact) mass is 230 g/mol. The van der Waals surface area contributed by atoms with E-state index in [0.29, 0.717) is 13.1 Å². The van der Waals surface area contributed by atoms with E-state index in [-0.39, 0.29) is 5.91 Å². The number of amides is 1. The van der Waals surface area contributed by atoms with E-state index in [1.807, 2.05) is 0 Å². The second-order valence-corrected chi connectivity index (χ2v) is 4.32. The zero-order valence-corrected chi connectivity index (χ0v) is 9.98. The van der Waals surface area contributed by atoms with Gasteiger partial charge in [-0.05, 0) is 17.5 Å². The molecule has 0 fully saturated rings. The first kappa shape index (κ1) is 11.9. The second-order valence-electron chi connectivity index (χ2n) is 4.32. The molecule has 3 heteroatoms. The summed E-state index contributed by atoms with van der Waals surface area (Å²) in [5, 5.41) is 2.80. The minimum absolute atomic E-state index is 0.0734. The average molecular weight is 230 g/mol. The Kier molecular flexibility index (Phi) is 3.94. The summed E-state index contributed by atoms with van der Waals surface area (Å²) >= 11 is 0. The lowest BCUT2D eigenvalue weighted by Gasteiger charge is -2.27. The maximum absolute atomic E-state index is 11.6. The van der Waals surface area contributed by atoms with Crippen LogP contribution in [0.25, 0.3) is 0 Å². The van der Waals surface area contributed by atoms with Crippen LogP contribution in [0.2, 0.25) is 0 Å². The van der Waals surface area contributed by atoms with Crippen LogP contribution in [-0.4, -0.2) is 30.4 Å². The average Bonchev–Trinajstić information content (AvgIpc) is 2.36. The Morgan fingerprint density at radius 1 is 1.41 bits per heavy atom. The van der Waals surface area contributed by atoms with Crippen molar-refractivity contribution in [2.45, 2.75) is 13.0 Å². The molecule has 1 amide bonds. The zero-order valence-electron chi connectivity index (χ0n) is 9.98. The third-order valence-corrected chi connectivity index (χ3v) is 3.02. The third kappa shape index (κ3) is 3.17. The van der Waals surface area contributed by atoms with Crippen molar-refractivity contribution < 1.29 is 4.79 Å². The molecule has 1 N–H and O–H groups in total. The molecule has 2 rings (SSSR count). The molecular weight excluding hydrogens is 212 g/mol. The number of fused-ring (bicyclic) bond motifs is 1. The molecule has 1 aromatic carbocycles. The molecule has 0 aromatic heterocycles. The first-order valence-electron chi connectivity index (χ1n) is 5.96. The van der Waals surface area contributed by atoms with Crippen molar-refractivity contribution in [3.8, 4) is 0 Å². The fraction of sp³-hybridized carbons (Fsp3) is 0.357. The number of hydrogen-bond donors (Lipinski definition) is 1. The molecule has 0 saturated carbocycles. The number of nitrogens with zero attached hydrogens (tertiary/aromatic N) is 1. The quantitative estimate of drug-likeness (QED) is 0.792. The Balaban J connectivity index is 1.89. The lowest BCUT2D eigenvalue weighted by Crippen LogP contribution is -2.39. The standard InChI is InChI=1S/C14H18N2O/c1-2-8-15-14(17)11-16-9-7-12-5-3-4-6-13(12)10-16/h2-6H,1,7-11H2,(H,15,17). The molecule has 0 atom stereocenters. The van der Waals surface area contributed by atoms with Crippen LogP contribution in [0.15, 0.2) is 36.9 Å². The Hall–Kier alpha value is -1.61. The van der Waals surface area contributed by atoms with Gasteiger partial charge in [0.1, 0.15) is 0 Å². The van der Waals surface area contributed by atoms with Gasteiger partial charge in [0.15, 0.2) is 0 Å². The fourth-order valence-corrected chi connectivity index (χ4v) is 2.13. The minimum Gasteiger partial charge on any atom is -0.352 e. The van der Waals surface area contributed by atoms with Crippen LogP contribution in [0.5, 0.6) is 0 Å². The van der Waals surface area contributed by atoms with Crippen molar-refractivity contribution in [2.24, 2.45) is 0 Å². The number of hydrogen-bond acceptors (Lipinski definition) is 2. The van der Waals surface area contributed by atoms with Gasteiger partial charge in [-0.2, -0.15) is 0 Å².